The summed E-state index contributed by atoms with van der Waals surface area (Å²) in [4.78, 5) is 20.6. The van der Waals surface area contributed by atoms with Gasteiger partial charge in [-0.2, -0.15) is 0 Å². The van der Waals surface area contributed by atoms with Crippen LogP contribution in [0.5, 0.6) is 0 Å². The molecule has 138 valence electrons. The molecule has 1 aromatic rings. The molecule has 1 N–H and O–H groups in total. The van der Waals surface area contributed by atoms with Crippen LogP contribution in [-0.4, -0.2) is 47.9 Å². The van der Waals surface area contributed by atoms with Crippen molar-refractivity contribution in [3.05, 3.63) is 29.8 Å². The van der Waals surface area contributed by atoms with Crippen LogP contribution >= 0.6 is 0 Å². The van der Waals surface area contributed by atoms with E-state index in [1.165, 1.54) is 7.11 Å². The molecule has 1 aliphatic carbocycles. The highest BCUT2D eigenvalue weighted by Crippen LogP contribution is 2.59. The van der Waals surface area contributed by atoms with Crippen LogP contribution in [-0.2, 0) is 15.1 Å². The summed E-state index contributed by atoms with van der Waals surface area (Å²) in [6, 6.07) is 7.86. The highest BCUT2D eigenvalue weighted by Gasteiger charge is 2.68. The molecule has 5 heteroatoms. The highest BCUT2D eigenvalue weighted by atomic mass is 16.5. The van der Waals surface area contributed by atoms with Gasteiger partial charge in [0.2, 0.25) is 0 Å². The van der Waals surface area contributed by atoms with Gasteiger partial charge < -0.3 is 9.84 Å². The van der Waals surface area contributed by atoms with E-state index in [2.05, 4.69) is 11.8 Å². The lowest BCUT2D eigenvalue weighted by atomic mass is 9.54. The fraction of sp³-hybridized carbons (Fsp3) is 0.619. The van der Waals surface area contributed by atoms with Crippen molar-refractivity contribution in [1.29, 1.82) is 0 Å². The van der Waals surface area contributed by atoms with Crippen LogP contribution in [0.1, 0.15) is 38.2 Å². The summed E-state index contributed by atoms with van der Waals surface area (Å²) in [6.07, 6.45) is 3.53. The Bertz CT molecular complexity index is 806. The van der Waals surface area contributed by atoms with Gasteiger partial charge in [0.25, 0.3) is 0 Å². The predicted molar refractivity (Wildman–Crippen MR) is 98.4 cm³/mol. The van der Waals surface area contributed by atoms with E-state index in [1.54, 1.807) is 0 Å². The van der Waals surface area contributed by atoms with Crippen LogP contribution in [0.15, 0.2) is 29.3 Å². The van der Waals surface area contributed by atoms with Gasteiger partial charge in [0, 0.05) is 24.7 Å². The quantitative estimate of drug-likeness (QED) is 0.830. The molecule has 0 aromatic heterocycles. The lowest BCUT2D eigenvalue weighted by Gasteiger charge is -2.58. The number of aliphatic imine (C=N–C) groups is 1. The average molecular weight is 354 g/mol. The van der Waals surface area contributed by atoms with Gasteiger partial charge in [-0.3, -0.25) is 14.7 Å². The Balaban J connectivity index is 1.77. The maximum atomic E-state index is 13.3. The lowest BCUT2D eigenvalue weighted by molar-refractivity contribution is -0.164. The Kier molecular flexibility index (Phi) is 3.41. The Morgan fingerprint density at radius 1 is 1.42 bits per heavy atom. The molecule has 3 saturated heterocycles. The molecular formula is C21H26N2O3. The number of rotatable bonds is 2. The SMILES string of the molecule is CC[C@H]1C[C@H]2CN3CC[C@]4(O)C(=Nc5ccccc54)[C@](C(=O)OC)(C2)[C@H]13. The van der Waals surface area contributed by atoms with Gasteiger partial charge in [0.1, 0.15) is 11.0 Å². The molecule has 4 bridgehead atoms. The molecule has 5 nitrogen and oxygen atoms in total. The summed E-state index contributed by atoms with van der Waals surface area (Å²) >= 11 is 0. The van der Waals surface area contributed by atoms with Crippen LogP contribution in [0.2, 0.25) is 0 Å². The maximum Gasteiger partial charge on any atom is 0.319 e. The van der Waals surface area contributed by atoms with E-state index in [0.29, 0.717) is 24.0 Å². The lowest BCUT2D eigenvalue weighted by Crippen LogP contribution is -2.68. The minimum atomic E-state index is -1.16. The first-order valence-electron chi connectivity index (χ1n) is 9.78. The number of hydrogen-bond acceptors (Lipinski definition) is 5. The van der Waals surface area contributed by atoms with Crippen LogP contribution in [0, 0.1) is 17.3 Å². The van der Waals surface area contributed by atoms with Gasteiger partial charge in [0.05, 0.1) is 18.5 Å². The third-order valence-corrected chi connectivity index (χ3v) is 7.32. The first-order valence-corrected chi connectivity index (χ1v) is 9.78. The Hall–Kier alpha value is -1.72. The number of esters is 1. The number of ether oxygens (including phenoxy) is 1. The van der Waals surface area contributed by atoms with Crippen molar-refractivity contribution in [3.8, 4) is 0 Å². The number of carbonyl (C=O) groups excluding carboxylic acids is 1. The molecule has 6 atom stereocenters. The Morgan fingerprint density at radius 3 is 3.00 bits per heavy atom. The molecule has 26 heavy (non-hydrogen) atoms. The number of methoxy groups -OCH3 is 1. The van der Waals surface area contributed by atoms with Crippen LogP contribution in [0.25, 0.3) is 0 Å². The van der Waals surface area contributed by atoms with E-state index < -0.39 is 11.0 Å². The summed E-state index contributed by atoms with van der Waals surface area (Å²) in [6.45, 7) is 4.02. The van der Waals surface area contributed by atoms with E-state index in [1.807, 2.05) is 24.3 Å². The number of benzene rings is 1. The molecule has 4 fully saturated rings. The summed E-state index contributed by atoms with van der Waals surface area (Å²) < 4.78 is 5.36. The number of para-hydroxylation sites is 1. The van der Waals surface area contributed by atoms with E-state index in [-0.39, 0.29) is 12.0 Å². The van der Waals surface area contributed by atoms with Gasteiger partial charge in [-0.05, 0) is 37.2 Å². The van der Waals surface area contributed by atoms with Crippen molar-refractivity contribution in [3.63, 3.8) is 0 Å². The largest absolute Gasteiger partial charge is 0.468 e. The number of aliphatic hydroxyl groups is 1. The minimum Gasteiger partial charge on any atom is -0.468 e. The molecule has 1 aromatic carbocycles. The number of fused-ring (bicyclic) bond motifs is 4. The van der Waals surface area contributed by atoms with Gasteiger partial charge >= 0.3 is 5.97 Å². The number of piperidine rings is 2. The zero-order valence-corrected chi connectivity index (χ0v) is 15.4. The zero-order chi connectivity index (χ0) is 18.1. The van der Waals surface area contributed by atoms with Crippen molar-refractivity contribution in [1.82, 2.24) is 4.90 Å². The summed E-state index contributed by atoms with van der Waals surface area (Å²) in [5.74, 6) is 0.676. The molecule has 6 rings (SSSR count). The Morgan fingerprint density at radius 2 is 2.23 bits per heavy atom. The van der Waals surface area contributed by atoms with Crippen LogP contribution < -0.4 is 0 Å². The van der Waals surface area contributed by atoms with Crippen LogP contribution in [0.3, 0.4) is 0 Å². The fourth-order valence-corrected chi connectivity index (χ4v) is 6.44. The van der Waals surface area contributed by atoms with Crippen molar-refractivity contribution in [2.24, 2.45) is 22.2 Å². The Labute approximate surface area is 154 Å². The molecule has 1 unspecified atom stereocenters. The summed E-state index contributed by atoms with van der Waals surface area (Å²) in [7, 11) is 1.47. The third-order valence-electron chi connectivity index (χ3n) is 7.32. The summed E-state index contributed by atoms with van der Waals surface area (Å²) in [5.41, 5.74) is 0.295. The monoisotopic (exact) mass is 354 g/mol. The zero-order valence-electron chi connectivity index (χ0n) is 15.4. The topological polar surface area (TPSA) is 62.1 Å². The summed E-state index contributed by atoms with van der Waals surface area (Å²) in [5, 5.41) is 11.8. The normalized spacial score (nSPS) is 42.5. The number of nitrogens with zero attached hydrogens (tertiary/aromatic N) is 2. The molecule has 0 amide bonds. The first kappa shape index (κ1) is 16.5. The average Bonchev–Trinajstić information content (AvgIpc) is 2.95. The molecule has 0 spiro atoms. The van der Waals surface area contributed by atoms with Gasteiger partial charge in [0.15, 0.2) is 0 Å². The molecule has 4 heterocycles. The second kappa shape index (κ2) is 5.40. The van der Waals surface area contributed by atoms with E-state index in [4.69, 9.17) is 9.73 Å². The van der Waals surface area contributed by atoms with Gasteiger partial charge in [-0.25, -0.2) is 0 Å². The van der Waals surface area contributed by atoms with E-state index in [9.17, 15) is 9.90 Å². The molecule has 5 aliphatic rings. The number of hydrogen-bond donors (Lipinski definition) is 1. The fourth-order valence-electron chi connectivity index (χ4n) is 6.44. The predicted octanol–water partition coefficient (Wildman–Crippen LogP) is 2.64. The molecular weight excluding hydrogens is 328 g/mol. The van der Waals surface area contributed by atoms with E-state index in [0.717, 1.165) is 43.6 Å². The van der Waals surface area contributed by atoms with Gasteiger partial charge in [-0.1, -0.05) is 31.5 Å². The second-order valence-electron chi connectivity index (χ2n) is 8.46. The third kappa shape index (κ3) is 1.83. The molecule has 0 radical (unpaired) electrons. The number of carbonyl (C=O) groups is 1. The highest BCUT2D eigenvalue weighted by molar-refractivity contribution is 6.15. The smallest absolute Gasteiger partial charge is 0.319 e. The first-order chi connectivity index (χ1) is 12.5. The van der Waals surface area contributed by atoms with E-state index >= 15 is 0 Å². The maximum absolute atomic E-state index is 13.3. The van der Waals surface area contributed by atoms with Crippen molar-refractivity contribution in [2.75, 3.05) is 20.2 Å². The van der Waals surface area contributed by atoms with Crippen molar-refractivity contribution < 1.29 is 14.6 Å². The minimum absolute atomic E-state index is 0.0760. The van der Waals surface area contributed by atoms with Crippen LogP contribution in [0.4, 0.5) is 5.69 Å². The second-order valence-corrected chi connectivity index (χ2v) is 8.46. The van der Waals surface area contributed by atoms with Crippen molar-refractivity contribution in [2.45, 2.75) is 44.2 Å². The molecule has 1 saturated carbocycles. The van der Waals surface area contributed by atoms with Crippen molar-refractivity contribution >= 4 is 17.4 Å². The van der Waals surface area contributed by atoms with Gasteiger partial charge in [-0.15, -0.1) is 0 Å². The molecule has 4 aliphatic heterocycles. The standard InChI is InChI=1S/C21H26N2O3/c1-3-14-10-13-11-20(19(24)26-2)17(14)23(12-13)9-8-21(25)15-6-4-5-7-16(15)22-18(20)21/h4-7,13-14,17,25H,3,8-12H2,1-2H3/t13-,14+,17+,20+,21-/m1/s1.